The van der Waals surface area contributed by atoms with E-state index in [1.807, 2.05) is 18.3 Å². The second kappa shape index (κ2) is 12.1. The van der Waals surface area contributed by atoms with Crippen molar-refractivity contribution in [2.45, 2.75) is 58.3 Å². The number of nitro groups is 1. The summed E-state index contributed by atoms with van der Waals surface area (Å²) in [5.74, 6) is -2.33. The van der Waals surface area contributed by atoms with Crippen molar-refractivity contribution in [3.63, 3.8) is 0 Å². The van der Waals surface area contributed by atoms with E-state index in [2.05, 4.69) is 15.2 Å². The Labute approximate surface area is 226 Å². The Morgan fingerprint density at radius 2 is 2.03 bits per heavy atom. The number of carbonyl (C=O) groups is 2. The van der Waals surface area contributed by atoms with Crippen LogP contribution in [0.1, 0.15) is 50.7 Å². The van der Waals surface area contributed by atoms with Gasteiger partial charge in [-0.05, 0) is 57.4 Å². The van der Waals surface area contributed by atoms with Gasteiger partial charge < -0.3 is 20.5 Å². The summed E-state index contributed by atoms with van der Waals surface area (Å²) in [6.45, 7) is 7.16. The Hall–Kier alpha value is -4.25. The number of allylic oxidation sites excluding steroid dienone is 1. The van der Waals surface area contributed by atoms with Gasteiger partial charge in [-0.2, -0.15) is 0 Å². The van der Waals surface area contributed by atoms with Gasteiger partial charge in [-0.25, -0.2) is 9.59 Å². The molecule has 3 N–H and O–H groups in total. The van der Waals surface area contributed by atoms with Gasteiger partial charge in [-0.15, -0.1) is 0 Å². The van der Waals surface area contributed by atoms with Gasteiger partial charge in [0.1, 0.15) is 11.9 Å². The lowest BCUT2D eigenvalue weighted by Crippen LogP contribution is -2.42. The van der Waals surface area contributed by atoms with Crippen LogP contribution in [0.4, 0.5) is 5.69 Å². The lowest BCUT2D eigenvalue weighted by atomic mass is 9.81. The molecule has 4 rings (SSSR count). The van der Waals surface area contributed by atoms with E-state index in [-0.39, 0.29) is 28.8 Å². The number of nitrogens with zero attached hydrogens (tertiary/aromatic N) is 3. The lowest BCUT2D eigenvalue weighted by molar-refractivity contribution is -0.384. The number of nitro benzene ring substituents is 1. The number of rotatable bonds is 8. The summed E-state index contributed by atoms with van der Waals surface area (Å²) >= 11 is 0. The first-order valence-electron chi connectivity index (χ1n) is 12.9. The number of hydrogen-bond donors (Lipinski definition) is 2. The molecule has 2 aromatic rings. The Balaban J connectivity index is 1.63. The zero-order chi connectivity index (χ0) is 28.1. The average molecular weight is 536 g/mol. The summed E-state index contributed by atoms with van der Waals surface area (Å²) in [5, 5.41) is 14.4. The zero-order valence-electron chi connectivity index (χ0n) is 22.3. The Morgan fingerprint density at radius 3 is 2.72 bits per heavy atom. The van der Waals surface area contributed by atoms with Crippen molar-refractivity contribution in [2.75, 3.05) is 13.1 Å². The van der Waals surface area contributed by atoms with Crippen molar-refractivity contribution in [3.8, 4) is 0 Å². The maximum absolute atomic E-state index is 13.7. The summed E-state index contributed by atoms with van der Waals surface area (Å²) < 4.78 is 11.4. The van der Waals surface area contributed by atoms with Gasteiger partial charge in [0.15, 0.2) is 0 Å². The monoisotopic (exact) mass is 535 g/mol. The van der Waals surface area contributed by atoms with Gasteiger partial charge in [-0.3, -0.25) is 20.0 Å². The molecule has 3 heterocycles. The van der Waals surface area contributed by atoms with Crippen LogP contribution >= 0.6 is 0 Å². The molecule has 39 heavy (non-hydrogen) atoms. The molecule has 2 atom stereocenters. The van der Waals surface area contributed by atoms with Crippen LogP contribution in [0.5, 0.6) is 0 Å². The molecule has 2 aliphatic heterocycles. The third kappa shape index (κ3) is 6.61. The molecule has 2 aliphatic rings. The van der Waals surface area contributed by atoms with E-state index in [0.717, 1.165) is 18.5 Å². The minimum Gasteiger partial charge on any atom is -0.459 e. The highest BCUT2D eigenvalue weighted by molar-refractivity contribution is 6.00. The van der Waals surface area contributed by atoms with Crippen molar-refractivity contribution >= 4 is 17.6 Å². The number of nitrogens with one attached hydrogen (secondary N) is 1. The van der Waals surface area contributed by atoms with Gasteiger partial charge in [-0.1, -0.05) is 18.2 Å². The van der Waals surface area contributed by atoms with Gasteiger partial charge in [0.2, 0.25) is 0 Å². The number of esters is 2. The molecular weight excluding hydrogens is 502 g/mol. The van der Waals surface area contributed by atoms with Crippen LogP contribution in [0, 0.1) is 10.1 Å². The average Bonchev–Trinajstić information content (AvgIpc) is 2.88. The number of non-ortho nitro benzene ring substituents is 1. The molecule has 1 aromatic carbocycles. The van der Waals surface area contributed by atoms with Gasteiger partial charge >= 0.3 is 11.9 Å². The largest absolute Gasteiger partial charge is 0.459 e. The summed E-state index contributed by atoms with van der Waals surface area (Å²) in [6.07, 6.45) is 4.26. The van der Waals surface area contributed by atoms with Crippen molar-refractivity contribution < 1.29 is 24.0 Å². The van der Waals surface area contributed by atoms with Crippen molar-refractivity contribution in [2.24, 2.45) is 5.73 Å². The standard InChI is InChI=1S/C28H33N5O6/c1-17(2)38-28(35)25-24(20-8-4-9-21(13-20)33(36)37)23(18(3)31-26(25)29)27(34)39-22-10-6-12-32(16-22)15-19-7-5-11-30-14-19/h4-5,7-9,11,13-14,17,22,24,31H,6,10,12,15-16,29H2,1-3H3. The molecular formula is C28H33N5O6. The first kappa shape index (κ1) is 27.8. The molecule has 0 amide bonds. The number of likely N-dealkylation sites (tertiary alicyclic amines) is 1. The number of dihydropyridines is 1. The molecule has 11 nitrogen and oxygen atoms in total. The highest BCUT2D eigenvalue weighted by Gasteiger charge is 2.40. The van der Waals surface area contributed by atoms with E-state index in [0.29, 0.717) is 30.8 Å². The van der Waals surface area contributed by atoms with Gasteiger partial charge in [0.25, 0.3) is 5.69 Å². The van der Waals surface area contributed by atoms with E-state index < -0.39 is 28.9 Å². The van der Waals surface area contributed by atoms with Crippen LogP contribution in [0.15, 0.2) is 71.5 Å². The molecule has 0 radical (unpaired) electrons. The van der Waals surface area contributed by atoms with E-state index in [1.54, 1.807) is 33.0 Å². The predicted molar refractivity (Wildman–Crippen MR) is 143 cm³/mol. The smallest absolute Gasteiger partial charge is 0.338 e. The summed E-state index contributed by atoms with van der Waals surface area (Å²) in [4.78, 5) is 44.3. The second-order valence-corrected chi connectivity index (χ2v) is 10.00. The van der Waals surface area contributed by atoms with Crippen molar-refractivity contribution in [1.29, 1.82) is 0 Å². The summed E-state index contributed by atoms with van der Waals surface area (Å²) in [7, 11) is 0. The SMILES string of the molecule is CC1=C(C(=O)OC2CCCN(Cc3cccnc3)C2)C(c2cccc([N+](=O)[O-])c2)C(C(=O)OC(C)C)=C(N)N1. The Morgan fingerprint density at radius 1 is 1.23 bits per heavy atom. The zero-order valence-corrected chi connectivity index (χ0v) is 22.3. The molecule has 0 saturated carbocycles. The van der Waals surface area contributed by atoms with Gasteiger partial charge in [0, 0.05) is 43.3 Å². The van der Waals surface area contributed by atoms with E-state index in [9.17, 15) is 19.7 Å². The number of ether oxygens (including phenoxy) is 2. The van der Waals surface area contributed by atoms with Crippen LogP contribution in [0.2, 0.25) is 0 Å². The molecule has 1 aromatic heterocycles. The predicted octanol–water partition coefficient (Wildman–Crippen LogP) is 3.28. The number of hydrogen-bond acceptors (Lipinski definition) is 10. The fourth-order valence-electron chi connectivity index (χ4n) is 5.00. The molecule has 0 aliphatic carbocycles. The van der Waals surface area contributed by atoms with Crippen LogP contribution in [0.3, 0.4) is 0 Å². The number of carbonyl (C=O) groups excluding carboxylic acids is 2. The van der Waals surface area contributed by atoms with Crippen LogP contribution < -0.4 is 11.1 Å². The molecule has 0 spiro atoms. The van der Waals surface area contributed by atoms with Crippen molar-refractivity contribution in [1.82, 2.24) is 15.2 Å². The topological polar surface area (TPSA) is 150 Å². The quantitative estimate of drug-likeness (QED) is 0.293. The second-order valence-electron chi connectivity index (χ2n) is 10.00. The molecule has 0 bridgehead atoms. The Kier molecular flexibility index (Phi) is 8.60. The molecule has 2 unspecified atom stereocenters. The number of nitrogens with two attached hydrogens (primary N) is 1. The van der Waals surface area contributed by atoms with Gasteiger partial charge in [0.05, 0.1) is 28.1 Å². The number of aromatic nitrogens is 1. The maximum atomic E-state index is 13.7. The van der Waals surface area contributed by atoms with E-state index >= 15 is 0 Å². The molecule has 1 fully saturated rings. The van der Waals surface area contributed by atoms with Crippen LogP contribution in [-0.4, -0.2) is 52.0 Å². The molecule has 206 valence electrons. The minimum atomic E-state index is -1.01. The van der Waals surface area contributed by atoms with Crippen molar-refractivity contribution in [3.05, 3.63) is 92.7 Å². The summed E-state index contributed by atoms with van der Waals surface area (Å²) in [5.41, 5.74) is 8.06. The fourth-order valence-corrected chi connectivity index (χ4v) is 5.00. The third-order valence-electron chi connectivity index (χ3n) is 6.66. The highest BCUT2D eigenvalue weighted by Crippen LogP contribution is 2.40. The highest BCUT2D eigenvalue weighted by atomic mass is 16.6. The first-order chi connectivity index (χ1) is 18.6. The number of benzene rings is 1. The third-order valence-corrected chi connectivity index (χ3v) is 6.66. The minimum absolute atomic E-state index is 0.00333. The Bertz CT molecular complexity index is 1310. The maximum Gasteiger partial charge on any atom is 0.338 e. The van der Waals surface area contributed by atoms with E-state index in [1.165, 1.54) is 18.2 Å². The number of pyridine rings is 1. The van der Waals surface area contributed by atoms with Crippen LogP contribution in [-0.2, 0) is 25.6 Å². The molecule has 1 saturated heterocycles. The first-order valence-corrected chi connectivity index (χ1v) is 12.9. The fraction of sp³-hybridized carbons (Fsp3) is 0.393. The normalized spacial score (nSPS) is 20.0. The van der Waals surface area contributed by atoms with E-state index in [4.69, 9.17) is 15.2 Å². The lowest BCUT2D eigenvalue weighted by Gasteiger charge is -2.34. The summed E-state index contributed by atoms with van der Waals surface area (Å²) in [6, 6.07) is 9.70. The number of piperidine rings is 1. The van der Waals surface area contributed by atoms with Crippen LogP contribution in [0.25, 0.3) is 0 Å². The molecule has 11 heteroatoms.